The molecule has 1 saturated heterocycles. The molecule has 19 heavy (non-hydrogen) atoms. The third kappa shape index (κ3) is 1.92. The van der Waals surface area contributed by atoms with Crippen LogP contribution in [-0.2, 0) is 10.5 Å². The second-order valence-electron chi connectivity index (χ2n) is 4.15. The molecule has 0 saturated carbocycles. The molecule has 0 unspecified atom stereocenters. The number of aliphatic hydroxyl groups excluding tert-OH is 3. The fourth-order valence-electron chi connectivity index (χ4n) is 2.06. The summed E-state index contributed by atoms with van der Waals surface area (Å²) in [7, 11) is 0. The van der Waals surface area contributed by atoms with E-state index in [0.29, 0.717) is 6.21 Å². The van der Waals surface area contributed by atoms with Crippen LogP contribution in [0.15, 0.2) is 21.9 Å². The van der Waals surface area contributed by atoms with Crippen LogP contribution in [0.4, 0.5) is 0 Å². The number of aromatic nitrogens is 2. The van der Waals surface area contributed by atoms with Crippen molar-refractivity contribution in [2.24, 2.45) is 0 Å². The fourth-order valence-corrected chi connectivity index (χ4v) is 2.06. The van der Waals surface area contributed by atoms with Crippen molar-refractivity contribution in [1.29, 1.82) is 5.41 Å². The number of nitrogens with zero attached hydrogens (tertiary/aromatic N) is 1. The molecule has 1 fully saturated rings. The van der Waals surface area contributed by atoms with Gasteiger partial charge < -0.3 is 25.5 Å². The van der Waals surface area contributed by atoms with Crippen molar-refractivity contribution in [3.63, 3.8) is 0 Å². The number of H-pyrrole nitrogens is 1. The average Bonchev–Trinajstić information content (AvgIpc) is 2.64. The van der Waals surface area contributed by atoms with Gasteiger partial charge in [-0.25, -0.2) is 4.79 Å². The lowest BCUT2D eigenvalue weighted by atomic mass is 10.0. The summed E-state index contributed by atoms with van der Waals surface area (Å²) < 4.78 is 6.01. The molecule has 1 aliphatic rings. The van der Waals surface area contributed by atoms with Crippen LogP contribution in [0.25, 0.3) is 0 Å². The maximum absolute atomic E-state index is 11.7. The highest BCUT2D eigenvalue weighted by Gasteiger charge is 2.54. The van der Waals surface area contributed by atoms with Gasteiger partial charge >= 0.3 is 5.69 Å². The SMILES string of the molecule is N=C[C@@]1(n2ccc(=O)[nH]c2=O)O[C@H](CO)[C@@H](O)[C@H]1O. The van der Waals surface area contributed by atoms with E-state index in [0.717, 1.165) is 16.8 Å². The number of aromatic amines is 1. The van der Waals surface area contributed by atoms with E-state index in [2.05, 4.69) is 0 Å². The van der Waals surface area contributed by atoms with E-state index in [1.165, 1.54) is 0 Å². The second-order valence-corrected chi connectivity index (χ2v) is 4.15. The molecule has 1 aromatic rings. The summed E-state index contributed by atoms with van der Waals surface area (Å²) in [6.45, 7) is -0.591. The summed E-state index contributed by atoms with van der Waals surface area (Å²) in [4.78, 5) is 24.7. The van der Waals surface area contributed by atoms with E-state index >= 15 is 0 Å². The summed E-state index contributed by atoms with van der Waals surface area (Å²) in [5.41, 5.74) is -3.51. The topological polar surface area (TPSA) is 149 Å². The zero-order valence-corrected chi connectivity index (χ0v) is 9.68. The highest BCUT2D eigenvalue weighted by atomic mass is 16.6. The zero-order chi connectivity index (χ0) is 14.2. The van der Waals surface area contributed by atoms with Crippen LogP contribution in [0.1, 0.15) is 0 Å². The predicted octanol–water partition coefficient (Wildman–Crippen LogP) is -3.05. The number of ether oxygens (including phenoxy) is 1. The number of hydrogen-bond acceptors (Lipinski definition) is 7. The average molecular weight is 271 g/mol. The molecule has 9 heteroatoms. The molecule has 5 N–H and O–H groups in total. The smallest absolute Gasteiger partial charge is 0.331 e. The Hall–Kier alpha value is -1.81. The van der Waals surface area contributed by atoms with Crippen LogP contribution in [0.2, 0.25) is 0 Å². The highest BCUT2D eigenvalue weighted by molar-refractivity contribution is 5.64. The number of aliphatic hydroxyl groups is 3. The molecule has 1 aliphatic heterocycles. The van der Waals surface area contributed by atoms with Crippen molar-refractivity contribution in [2.75, 3.05) is 6.61 Å². The molecule has 0 spiro atoms. The minimum Gasteiger partial charge on any atom is -0.394 e. The Morgan fingerprint density at radius 2 is 2.21 bits per heavy atom. The molecule has 1 aromatic heterocycles. The van der Waals surface area contributed by atoms with Crippen molar-refractivity contribution in [1.82, 2.24) is 9.55 Å². The lowest BCUT2D eigenvalue weighted by Crippen LogP contribution is -2.52. The monoisotopic (exact) mass is 271 g/mol. The molecule has 0 bridgehead atoms. The molecule has 0 radical (unpaired) electrons. The Kier molecular flexibility index (Phi) is 3.37. The quantitative estimate of drug-likeness (QED) is 0.369. The van der Waals surface area contributed by atoms with Crippen LogP contribution in [0, 0.1) is 5.41 Å². The molecule has 9 nitrogen and oxygen atoms in total. The first-order chi connectivity index (χ1) is 8.96. The largest absolute Gasteiger partial charge is 0.394 e. The Bertz CT molecular complexity index is 595. The standard InChI is InChI=1S/C10H13N3O6/c11-4-10(8(17)7(16)5(3-14)19-10)13-2-1-6(15)12-9(13)18/h1-2,4-5,7-8,11,14,16-17H,3H2,(H,12,15,18)/t5-,7-,8-,10-/m1/s1. The molecule has 0 aliphatic carbocycles. The molecule has 104 valence electrons. The van der Waals surface area contributed by atoms with Gasteiger partial charge in [0.2, 0.25) is 5.72 Å². The number of rotatable bonds is 3. The first kappa shape index (κ1) is 13.6. The van der Waals surface area contributed by atoms with Gasteiger partial charge in [-0.1, -0.05) is 0 Å². The van der Waals surface area contributed by atoms with Gasteiger partial charge in [-0.15, -0.1) is 0 Å². The summed E-state index contributed by atoms with van der Waals surface area (Å²) in [6.07, 6.45) is -2.57. The first-order valence-electron chi connectivity index (χ1n) is 5.45. The van der Waals surface area contributed by atoms with Crippen LogP contribution in [-0.4, -0.2) is 56.0 Å². The van der Waals surface area contributed by atoms with Crippen molar-refractivity contribution in [2.45, 2.75) is 24.0 Å². The molecular formula is C10H13N3O6. The second kappa shape index (κ2) is 4.70. The Morgan fingerprint density at radius 3 is 2.68 bits per heavy atom. The normalized spacial score (nSPS) is 34.4. The number of hydrogen-bond donors (Lipinski definition) is 5. The van der Waals surface area contributed by atoms with Gasteiger partial charge in [0.05, 0.1) is 12.8 Å². The molecule has 0 aromatic carbocycles. The van der Waals surface area contributed by atoms with Gasteiger partial charge in [-0.05, 0) is 0 Å². The van der Waals surface area contributed by atoms with E-state index < -0.39 is 41.9 Å². The van der Waals surface area contributed by atoms with Crippen molar-refractivity contribution in [3.05, 3.63) is 33.1 Å². The lowest BCUT2D eigenvalue weighted by Gasteiger charge is -2.29. The Balaban J connectivity index is 2.58. The third-order valence-corrected chi connectivity index (χ3v) is 3.06. The van der Waals surface area contributed by atoms with Gasteiger partial charge in [0.15, 0.2) is 0 Å². The minimum absolute atomic E-state index is 0.591. The maximum Gasteiger partial charge on any atom is 0.331 e. The summed E-state index contributed by atoms with van der Waals surface area (Å²) >= 11 is 0. The maximum atomic E-state index is 11.7. The summed E-state index contributed by atoms with van der Waals surface area (Å²) in [5.74, 6) is 0. The van der Waals surface area contributed by atoms with Crippen molar-refractivity contribution in [3.8, 4) is 0 Å². The van der Waals surface area contributed by atoms with Gasteiger partial charge in [0.25, 0.3) is 5.56 Å². The third-order valence-electron chi connectivity index (χ3n) is 3.06. The highest BCUT2D eigenvalue weighted by Crippen LogP contribution is 2.32. The van der Waals surface area contributed by atoms with Crippen LogP contribution in [0.3, 0.4) is 0 Å². The summed E-state index contributed by atoms with van der Waals surface area (Å²) in [5, 5.41) is 36.1. The van der Waals surface area contributed by atoms with Crippen molar-refractivity contribution >= 4 is 6.21 Å². The Labute approximate surface area is 106 Å². The van der Waals surface area contributed by atoms with Crippen LogP contribution < -0.4 is 11.2 Å². The van der Waals surface area contributed by atoms with E-state index in [-0.39, 0.29) is 0 Å². The van der Waals surface area contributed by atoms with Gasteiger partial charge in [0, 0.05) is 12.3 Å². The summed E-state index contributed by atoms with van der Waals surface area (Å²) in [6, 6.07) is 1.02. The molecule has 2 heterocycles. The minimum atomic E-state index is -1.96. The molecule has 0 amide bonds. The fraction of sp³-hybridized carbons (Fsp3) is 0.500. The van der Waals surface area contributed by atoms with E-state index in [1.807, 2.05) is 4.98 Å². The van der Waals surface area contributed by atoms with Gasteiger partial charge in [-0.2, -0.15) is 0 Å². The van der Waals surface area contributed by atoms with Crippen LogP contribution in [0.5, 0.6) is 0 Å². The Morgan fingerprint density at radius 1 is 1.53 bits per heavy atom. The van der Waals surface area contributed by atoms with Gasteiger partial charge in [0.1, 0.15) is 18.3 Å². The van der Waals surface area contributed by atoms with Crippen LogP contribution >= 0.6 is 0 Å². The zero-order valence-electron chi connectivity index (χ0n) is 9.68. The predicted molar refractivity (Wildman–Crippen MR) is 62.1 cm³/mol. The number of nitrogens with one attached hydrogen (secondary N) is 2. The molecule has 2 rings (SSSR count). The van der Waals surface area contributed by atoms with E-state index in [4.69, 9.17) is 15.3 Å². The molecular weight excluding hydrogens is 258 g/mol. The first-order valence-corrected chi connectivity index (χ1v) is 5.45. The van der Waals surface area contributed by atoms with E-state index in [1.54, 1.807) is 0 Å². The van der Waals surface area contributed by atoms with E-state index in [9.17, 15) is 19.8 Å². The van der Waals surface area contributed by atoms with Crippen molar-refractivity contribution < 1.29 is 20.1 Å². The van der Waals surface area contributed by atoms with Gasteiger partial charge in [-0.3, -0.25) is 14.3 Å². The molecule has 4 atom stereocenters. The lowest BCUT2D eigenvalue weighted by molar-refractivity contribution is -0.0965.